The molecule has 0 spiro atoms. The van der Waals surface area contributed by atoms with Crippen molar-refractivity contribution in [2.45, 2.75) is 109 Å². The Bertz CT molecular complexity index is 2590. The number of halogens is 2. The lowest BCUT2D eigenvalue weighted by molar-refractivity contribution is -0.136. The summed E-state index contributed by atoms with van der Waals surface area (Å²) >= 11 is 0. The lowest BCUT2D eigenvalue weighted by atomic mass is 9.92. The van der Waals surface area contributed by atoms with Gasteiger partial charge in [0.05, 0.1) is 29.9 Å². The second-order valence-electron chi connectivity index (χ2n) is 19.4. The lowest BCUT2D eigenvalue weighted by Crippen LogP contribution is -2.54. The number of imide groups is 2. The number of rotatable bonds is 12. The summed E-state index contributed by atoms with van der Waals surface area (Å²) in [6.07, 6.45) is 10.3. The number of piperidine rings is 3. The van der Waals surface area contributed by atoms with Crippen LogP contribution in [0.3, 0.4) is 0 Å². The molecule has 0 aliphatic carbocycles. The molecule has 10 rings (SSSR count). The van der Waals surface area contributed by atoms with E-state index in [-0.39, 0.29) is 36.3 Å². The Hall–Kier alpha value is -5.81. The van der Waals surface area contributed by atoms with E-state index in [1.165, 1.54) is 5.69 Å². The molecule has 2 aromatic heterocycles. The molecule has 17 heteroatoms. The van der Waals surface area contributed by atoms with Gasteiger partial charge in [-0.2, -0.15) is 10.2 Å². The van der Waals surface area contributed by atoms with Gasteiger partial charge in [0.15, 0.2) is 5.82 Å². The summed E-state index contributed by atoms with van der Waals surface area (Å²) in [7, 11) is 1.79. The maximum absolute atomic E-state index is 14.7. The number of benzene rings is 2. The van der Waals surface area contributed by atoms with Gasteiger partial charge in [-0.1, -0.05) is 12.1 Å². The SMILES string of the molecule is CC(=O)N1CCc2c(c(N3CCCc4cc(-c5cnn(C)c5)c(C(F)F)cc43)nn2C2CCN(CCC3CCN(CCCc4cccc5c4C(=O)N(C4CCC(=O)NC4=O)C5=O)CC3)CC2)C1. The largest absolute Gasteiger partial charge is 0.338 e. The minimum Gasteiger partial charge on any atom is -0.338 e. The predicted octanol–water partition coefficient (Wildman–Crippen LogP) is 5.98. The zero-order valence-corrected chi connectivity index (χ0v) is 38.5. The van der Waals surface area contributed by atoms with Crippen molar-refractivity contribution in [3.05, 3.63) is 81.8 Å². The van der Waals surface area contributed by atoms with Gasteiger partial charge >= 0.3 is 0 Å². The van der Waals surface area contributed by atoms with Gasteiger partial charge in [-0.15, -0.1) is 0 Å². The Morgan fingerprint density at radius 1 is 0.881 bits per heavy atom. The molecule has 6 aliphatic heterocycles. The number of alkyl halides is 2. The number of nitrogens with zero attached hydrogens (tertiary/aromatic N) is 9. The van der Waals surface area contributed by atoms with Crippen LogP contribution in [0, 0.1) is 5.92 Å². The maximum atomic E-state index is 14.7. The first-order valence-electron chi connectivity index (χ1n) is 24.3. The molecule has 8 heterocycles. The predicted molar refractivity (Wildman–Crippen MR) is 246 cm³/mol. The Morgan fingerprint density at radius 2 is 1.66 bits per heavy atom. The highest BCUT2D eigenvalue weighted by molar-refractivity contribution is 6.24. The van der Waals surface area contributed by atoms with Crippen molar-refractivity contribution in [3.8, 4) is 11.1 Å². The third-order valence-corrected chi connectivity index (χ3v) is 15.3. The zero-order valence-electron chi connectivity index (χ0n) is 38.5. The third-order valence-electron chi connectivity index (χ3n) is 15.3. The van der Waals surface area contributed by atoms with Crippen molar-refractivity contribution < 1.29 is 32.8 Å². The van der Waals surface area contributed by atoms with Crippen LogP contribution < -0.4 is 10.2 Å². The standard InChI is InChI=1S/C50H60F2N10O5/c1-31(63)59-25-17-41-40(30-59)47(60-19-5-8-34-26-38(35-28-53-56(2)29-35)39(46(51)52)27-43(34)60)55-62(41)36-15-23-58(24-16-36)22-14-32-12-20-57(21-13-32)18-4-7-33-6-3-9-37-45(33)50(67)61(49(37)66)42-10-11-44(64)54-48(42)65/h3,6,9,26-29,32,36,42,46H,4-5,7-8,10-25,30H2,1-2H3,(H,54,64,65). The van der Waals surface area contributed by atoms with Crippen molar-refractivity contribution in [1.82, 2.24) is 44.5 Å². The molecule has 5 amide bonds. The number of carbonyl (C=O) groups is 5. The van der Waals surface area contributed by atoms with Crippen molar-refractivity contribution >= 4 is 41.0 Å². The van der Waals surface area contributed by atoms with Crippen LogP contribution in [-0.4, -0.2) is 127 Å². The molecule has 67 heavy (non-hydrogen) atoms. The smallest absolute Gasteiger partial charge is 0.264 e. The monoisotopic (exact) mass is 918 g/mol. The quantitative estimate of drug-likeness (QED) is 0.168. The van der Waals surface area contributed by atoms with E-state index in [1.807, 2.05) is 17.0 Å². The second kappa shape index (κ2) is 18.7. The molecule has 0 saturated carbocycles. The number of anilines is 2. The van der Waals surface area contributed by atoms with Crippen LogP contribution in [0.1, 0.15) is 126 Å². The molecule has 4 aromatic rings. The second-order valence-corrected chi connectivity index (χ2v) is 19.4. The molecule has 1 atom stereocenters. The van der Waals surface area contributed by atoms with E-state index in [9.17, 15) is 32.8 Å². The molecular weight excluding hydrogens is 859 g/mol. The maximum Gasteiger partial charge on any atom is 0.264 e. The fraction of sp³-hybridized carbons (Fsp3) is 0.540. The highest BCUT2D eigenvalue weighted by Crippen LogP contribution is 2.44. The molecule has 6 aliphatic rings. The number of nitrogens with one attached hydrogen (secondary N) is 1. The highest BCUT2D eigenvalue weighted by Gasteiger charge is 2.45. The minimum atomic E-state index is -2.66. The molecule has 3 saturated heterocycles. The van der Waals surface area contributed by atoms with Gasteiger partial charge in [0, 0.05) is 87.3 Å². The van der Waals surface area contributed by atoms with Crippen LogP contribution >= 0.6 is 0 Å². The van der Waals surface area contributed by atoms with E-state index in [4.69, 9.17) is 5.10 Å². The van der Waals surface area contributed by atoms with E-state index >= 15 is 0 Å². The van der Waals surface area contributed by atoms with Crippen LogP contribution in [0.2, 0.25) is 0 Å². The van der Waals surface area contributed by atoms with Gasteiger partial charge in [0.25, 0.3) is 18.2 Å². The van der Waals surface area contributed by atoms with E-state index < -0.39 is 30.2 Å². The molecule has 3 fully saturated rings. The average Bonchev–Trinajstić information content (AvgIpc) is 4.01. The van der Waals surface area contributed by atoms with Crippen molar-refractivity contribution in [1.29, 1.82) is 0 Å². The number of fused-ring (bicyclic) bond motifs is 3. The van der Waals surface area contributed by atoms with Crippen molar-refractivity contribution in [2.75, 3.05) is 57.3 Å². The summed E-state index contributed by atoms with van der Waals surface area (Å²) in [6, 6.07) is 8.19. The molecule has 1 unspecified atom stereocenters. The molecule has 0 bridgehead atoms. The van der Waals surface area contributed by atoms with Crippen LogP contribution in [0.25, 0.3) is 11.1 Å². The van der Waals surface area contributed by atoms with E-state index in [1.54, 1.807) is 49.2 Å². The molecule has 0 radical (unpaired) electrons. The normalized spacial score (nSPS) is 21.0. The van der Waals surface area contributed by atoms with Crippen molar-refractivity contribution in [2.24, 2.45) is 13.0 Å². The molecule has 15 nitrogen and oxygen atoms in total. The number of aromatic nitrogens is 4. The number of likely N-dealkylation sites (tertiary alicyclic amines) is 2. The van der Waals surface area contributed by atoms with E-state index in [2.05, 4.69) is 29.8 Å². The van der Waals surface area contributed by atoms with Gasteiger partial charge in [0.1, 0.15) is 6.04 Å². The van der Waals surface area contributed by atoms with E-state index in [0.29, 0.717) is 60.6 Å². The summed E-state index contributed by atoms with van der Waals surface area (Å²) in [6.45, 7) is 9.37. The van der Waals surface area contributed by atoms with Crippen LogP contribution in [0.4, 0.5) is 20.3 Å². The number of amides is 5. The Kier molecular flexibility index (Phi) is 12.6. The summed E-state index contributed by atoms with van der Waals surface area (Å²) in [5, 5.41) is 11.9. The zero-order chi connectivity index (χ0) is 46.5. The first kappa shape index (κ1) is 45.0. The van der Waals surface area contributed by atoms with Crippen LogP contribution in [-0.2, 0) is 47.2 Å². The number of carbonyl (C=O) groups excluding carboxylic acids is 5. The molecule has 1 N–H and O–H groups in total. The fourth-order valence-electron chi connectivity index (χ4n) is 11.6. The summed E-state index contributed by atoms with van der Waals surface area (Å²) < 4.78 is 33.4. The summed E-state index contributed by atoms with van der Waals surface area (Å²) in [4.78, 5) is 73.9. The first-order chi connectivity index (χ1) is 32.4. The average molecular weight is 919 g/mol. The Morgan fingerprint density at radius 3 is 2.39 bits per heavy atom. The summed E-state index contributed by atoms with van der Waals surface area (Å²) in [5.41, 5.74) is 6.71. The van der Waals surface area contributed by atoms with E-state index in [0.717, 1.165) is 124 Å². The number of hydrogen-bond donors (Lipinski definition) is 1. The fourth-order valence-corrected chi connectivity index (χ4v) is 11.6. The third kappa shape index (κ3) is 8.80. The minimum absolute atomic E-state index is 0.0132. The molecular formula is C50H60F2N10O5. The summed E-state index contributed by atoms with van der Waals surface area (Å²) in [5.74, 6) is -0.425. The van der Waals surface area contributed by atoms with Gasteiger partial charge in [-0.05, 0) is 131 Å². The lowest BCUT2D eigenvalue weighted by Gasteiger charge is -2.36. The van der Waals surface area contributed by atoms with Gasteiger partial charge < -0.3 is 19.6 Å². The first-order valence-corrected chi connectivity index (χ1v) is 24.3. The van der Waals surface area contributed by atoms with Crippen LogP contribution in [0.5, 0.6) is 0 Å². The topological polar surface area (TPSA) is 149 Å². The number of aryl methyl sites for hydroxylation is 3. The Labute approximate surface area is 389 Å². The van der Waals surface area contributed by atoms with Gasteiger partial charge in [-0.3, -0.25) is 43.6 Å². The number of hydrogen-bond acceptors (Lipinski definition) is 10. The van der Waals surface area contributed by atoms with Crippen LogP contribution in [0.15, 0.2) is 42.7 Å². The van der Waals surface area contributed by atoms with Crippen molar-refractivity contribution in [3.63, 3.8) is 0 Å². The molecule has 2 aromatic carbocycles. The van der Waals surface area contributed by atoms with Gasteiger partial charge in [0.2, 0.25) is 17.7 Å². The highest BCUT2D eigenvalue weighted by atomic mass is 19.3. The Balaban J connectivity index is 0.733. The molecule has 354 valence electrons. The van der Waals surface area contributed by atoms with Gasteiger partial charge in [-0.25, -0.2) is 8.78 Å².